The van der Waals surface area contributed by atoms with Gasteiger partial charge in [-0.05, 0) is 31.4 Å². The third-order valence-electron chi connectivity index (χ3n) is 4.42. The van der Waals surface area contributed by atoms with Crippen molar-refractivity contribution < 1.29 is 4.74 Å². The topological polar surface area (TPSA) is 54.7 Å². The Hall–Kier alpha value is -2.28. The second-order valence-electron chi connectivity index (χ2n) is 6.17. The number of rotatable bonds is 5. The lowest BCUT2D eigenvalue weighted by Crippen LogP contribution is -2.22. The van der Waals surface area contributed by atoms with Crippen molar-refractivity contribution in [3.8, 4) is 5.75 Å². The van der Waals surface area contributed by atoms with Gasteiger partial charge in [0.1, 0.15) is 5.75 Å². The van der Waals surface area contributed by atoms with Gasteiger partial charge in [-0.2, -0.15) is 0 Å². The molecule has 1 saturated heterocycles. The second-order valence-corrected chi connectivity index (χ2v) is 7.13. The van der Waals surface area contributed by atoms with Crippen molar-refractivity contribution in [2.45, 2.75) is 13.3 Å². The van der Waals surface area contributed by atoms with Gasteiger partial charge < -0.3 is 15.0 Å². The average molecular weight is 343 g/mol. The minimum atomic E-state index is 0.605. The quantitative estimate of drug-likeness (QED) is 0.772. The Kier molecular flexibility index (Phi) is 4.02. The molecule has 1 atom stereocenters. The maximum absolute atomic E-state index is 5.48. The predicted octanol–water partition coefficient (Wildman–Crippen LogP) is 3.05. The summed E-state index contributed by atoms with van der Waals surface area (Å²) in [5.74, 6) is 1.55. The number of imidazole rings is 1. The first-order chi connectivity index (χ1) is 11.7. The van der Waals surface area contributed by atoms with Crippen LogP contribution in [0.3, 0.4) is 0 Å². The number of aromatic nitrogens is 3. The molecule has 0 aliphatic carbocycles. The minimum absolute atomic E-state index is 0.605. The third-order valence-corrected chi connectivity index (χ3v) is 5.30. The standard InChI is InChI=1S/C17H21N5OS/c1-12-10-22-17(19-12)24-16(20-22)18-9-13-7-8-21(11-13)14-5-3-4-6-15(14)23-2/h3-6,10,13H,7-9,11H2,1-2H3,(H,18,20). The van der Waals surface area contributed by atoms with E-state index >= 15 is 0 Å². The van der Waals surface area contributed by atoms with Crippen LogP contribution in [0, 0.1) is 12.8 Å². The van der Waals surface area contributed by atoms with Gasteiger partial charge in [-0.3, -0.25) is 0 Å². The Morgan fingerprint density at radius 3 is 3.08 bits per heavy atom. The monoisotopic (exact) mass is 343 g/mol. The van der Waals surface area contributed by atoms with Crippen molar-refractivity contribution in [1.82, 2.24) is 14.6 Å². The van der Waals surface area contributed by atoms with E-state index in [9.17, 15) is 0 Å². The molecular formula is C17H21N5OS. The average Bonchev–Trinajstić information content (AvgIpc) is 3.27. The summed E-state index contributed by atoms with van der Waals surface area (Å²) >= 11 is 1.60. The second kappa shape index (κ2) is 6.32. The number of hydrogen-bond acceptors (Lipinski definition) is 6. The Morgan fingerprint density at radius 2 is 2.25 bits per heavy atom. The van der Waals surface area contributed by atoms with E-state index in [2.05, 4.69) is 32.4 Å². The number of nitrogens with one attached hydrogen (secondary N) is 1. The lowest BCUT2D eigenvalue weighted by atomic mass is 10.1. The smallest absolute Gasteiger partial charge is 0.214 e. The van der Waals surface area contributed by atoms with E-state index in [1.807, 2.05) is 29.8 Å². The third kappa shape index (κ3) is 2.91. The number of methoxy groups -OCH3 is 1. The molecule has 1 aromatic carbocycles. The molecular weight excluding hydrogens is 322 g/mol. The summed E-state index contributed by atoms with van der Waals surface area (Å²) in [6, 6.07) is 8.23. The molecule has 0 bridgehead atoms. The first-order valence-corrected chi connectivity index (χ1v) is 8.99. The number of ether oxygens (including phenoxy) is 1. The van der Waals surface area contributed by atoms with Gasteiger partial charge in [-0.15, -0.1) is 5.10 Å². The first-order valence-electron chi connectivity index (χ1n) is 8.17. The number of para-hydroxylation sites is 2. The summed E-state index contributed by atoms with van der Waals surface area (Å²) in [6.45, 7) is 5.02. The Labute approximate surface area is 145 Å². The molecule has 126 valence electrons. The molecule has 0 saturated carbocycles. The number of hydrogen-bond donors (Lipinski definition) is 1. The molecule has 1 unspecified atom stereocenters. The summed E-state index contributed by atoms with van der Waals surface area (Å²) < 4.78 is 7.33. The normalized spacial score (nSPS) is 17.6. The van der Waals surface area contributed by atoms with Crippen LogP contribution in [0.5, 0.6) is 5.75 Å². The summed E-state index contributed by atoms with van der Waals surface area (Å²) in [6.07, 6.45) is 3.13. The number of nitrogens with zero attached hydrogens (tertiary/aromatic N) is 4. The largest absolute Gasteiger partial charge is 0.495 e. The van der Waals surface area contributed by atoms with Crippen LogP contribution < -0.4 is 15.0 Å². The van der Waals surface area contributed by atoms with Gasteiger partial charge in [0, 0.05) is 19.6 Å². The maximum atomic E-state index is 5.48. The molecule has 0 amide bonds. The molecule has 3 heterocycles. The highest BCUT2D eigenvalue weighted by Crippen LogP contribution is 2.32. The first kappa shape index (κ1) is 15.3. The fraction of sp³-hybridized carbons (Fsp3) is 0.412. The molecule has 1 N–H and O–H groups in total. The summed E-state index contributed by atoms with van der Waals surface area (Å²) in [5, 5.41) is 8.94. The van der Waals surface area contributed by atoms with Crippen LogP contribution in [0.4, 0.5) is 10.8 Å². The van der Waals surface area contributed by atoms with E-state index in [1.54, 1.807) is 18.4 Å². The predicted molar refractivity (Wildman–Crippen MR) is 97.4 cm³/mol. The molecule has 4 rings (SSSR count). The van der Waals surface area contributed by atoms with E-state index in [0.717, 1.165) is 41.2 Å². The molecule has 6 nitrogen and oxygen atoms in total. The Bertz CT molecular complexity index is 811. The number of aryl methyl sites for hydroxylation is 1. The number of fused-ring (bicyclic) bond motifs is 1. The van der Waals surface area contributed by atoms with Crippen molar-refractivity contribution in [3.05, 3.63) is 36.2 Å². The van der Waals surface area contributed by atoms with E-state index in [0.29, 0.717) is 5.92 Å². The maximum Gasteiger partial charge on any atom is 0.214 e. The van der Waals surface area contributed by atoms with Crippen LogP contribution in [0.25, 0.3) is 4.96 Å². The number of benzene rings is 1. The highest BCUT2D eigenvalue weighted by Gasteiger charge is 2.24. The van der Waals surface area contributed by atoms with Gasteiger partial charge in [0.05, 0.1) is 24.7 Å². The van der Waals surface area contributed by atoms with E-state index < -0.39 is 0 Å². The highest BCUT2D eigenvalue weighted by molar-refractivity contribution is 7.20. The van der Waals surface area contributed by atoms with Gasteiger partial charge in [0.2, 0.25) is 10.1 Å². The zero-order valence-corrected chi connectivity index (χ0v) is 14.7. The molecule has 0 radical (unpaired) electrons. The molecule has 1 aliphatic heterocycles. The van der Waals surface area contributed by atoms with Crippen LogP contribution >= 0.6 is 11.3 Å². The van der Waals surface area contributed by atoms with E-state index in [4.69, 9.17) is 4.74 Å². The van der Waals surface area contributed by atoms with Crippen molar-refractivity contribution in [2.75, 3.05) is 37.0 Å². The Balaban J connectivity index is 1.37. The SMILES string of the molecule is COc1ccccc1N1CCC(CNc2nn3cc(C)nc3s2)C1. The summed E-state index contributed by atoms with van der Waals surface area (Å²) in [4.78, 5) is 7.79. The van der Waals surface area contributed by atoms with Crippen LogP contribution in [-0.2, 0) is 0 Å². The number of anilines is 2. The van der Waals surface area contributed by atoms with Crippen LogP contribution in [0.15, 0.2) is 30.5 Å². The lowest BCUT2D eigenvalue weighted by molar-refractivity contribution is 0.414. The summed E-state index contributed by atoms with van der Waals surface area (Å²) in [7, 11) is 1.73. The fourth-order valence-corrected chi connectivity index (χ4v) is 4.06. The molecule has 7 heteroatoms. The lowest BCUT2D eigenvalue weighted by Gasteiger charge is -2.21. The Morgan fingerprint density at radius 1 is 1.38 bits per heavy atom. The molecule has 24 heavy (non-hydrogen) atoms. The van der Waals surface area contributed by atoms with E-state index in [-0.39, 0.29) is 0 Å². The highest BCUT2D eigenvalue weighted by atomic mass is 32.1. The van der Waals surface area contributed by atoms with Crippen LogP contribution in [0.2, 0.25) is 0 Å². The molecule has 2 aromatic heterocycles. The van der Waals surface area contributed by atoms with Crippen molar-refractivity contribution in [2.24, 2.45) is 5.92 Å². The van der Waals surface area contributed by atoms with Crippen molar-refractivity contribution >= 4 is 27.1 Å². The van der Waals surface area contributed by atoms with Crippen LogP contribution in [0.1, 0.15) is 12.1 Å². The van der Waals surface area contributed by atoms with Gasteiger partial charge in [-0.1, -0.05) is 23.5 Å². The van der Waals surface area contributed by atoms with Gasteiger partial charge >= 0.3 is 0 Å². The van der Waals surface area contributed by atoms with Gasteiger partial charge in [0.25, 0.3) is 0 Å². The zero-order chi connectivity index (χ0) is 16.5. The van der Waals surface area contributed by atoms with Gasteiger partial charge in [-0.25, -0.2) is 9.50 Å². The fourth-order valence-electron chi connectivity index (χ4n) is 3.22. The van der Waals surface area contributed by atoms with Gasteiger partial charge in [0.15, 0.2) is 0 Å². The molecule has 0 spiro atoms. The van der Waals surface area contributed by atoms with E-state index in [1.165, 1.54) is 12.1 Å². The van der Waals surface area contributed by atoms with Crippen molar-refractivity contribution in [1.29, 1.82) is 0 Å². The minimum Gasteiger partial charge on any atom is -0.495 e. The van der Waals surface area contributed by atoms with Crippen molar-refractivity contribution in [3.63, 3.8) is 0 Å². The molecule has 3 aromatic rings. The van der Waals surface area contributed by atoms with Crippen LogP contribution in [-0.4, -0.2) is 41.3 Å². The molecule has 1 fully saturated rings. The zero-order valence-electron chi connectivity index (χ0n) is 13.9. The summed E-state index contributed by atoms with van der Waals surface area (Å²) in [5.41, 5.74) is 2.19. The molecule has 1 aliphatic rings.